The third-order valence-corrected chi connectivity index (χ3v) is 4.37. The van der Waals surface area contributed by atoms with Gasteiger partial charge in [0.15, 0.2) is 0 Å². The van der Waals surface area contributed by atoms with Crippen molar-refractivity contribution in [3.63, 3.8) is 0 Å². The van der Waals surface area contributed by atoms with Gasteiger partial charge in [-0.2, -0.15) is 0 Å². The number of aliphatic hydroxyl groups is 1. The van der Waals surface area contributed by atoms with Gasteiger partial charge in [-0.1, -0.05) is 27.7 Å². The average molecular weight is 223 g/mol. The summed E-state index contributed by atoms with van der Waals surface area (Å²) in [4.78, 5) is 0. The van der Waals surface area contributed by atoms with E-state index in [1.165, 1.54) is 0 Å². The number of hydrogen-bond acceptors (Lipinski definition) is 3. The summed E-state index contributed by atoms with van der Waals surface area (Å²) in [5.41, 5.74) is 0.693. The zero-order chi connectivity index (χ0) is 12.0. The predicted molar refractivity (Wildman–Crippen MR) is 62.8 cm³/mol. The summed E-state index contributed by atoms with van der Waals surface area (Å²) in [7, 11) is 0. The second-order valence-corrected chi connectivity index (χ2v) is 5.78. The monoisotopic (exact) mass is 223 g/mol. The molecule has 1 aromatic heterocycles. The van der Waals surface area contributed by atoms with Crippen LogP contribution in [-0.4, -0.2) is 11.1 Å². The Labute approximate surface area is 96.8 Å². The van der Waals surface area contributed by atoms with E-state index < -0.39 is 0 Å². The summed E-state index contributed by atoms with van der Waals surface area (Å²) in [5, 5.41) is 12.4. The second-order valence-electron chi connectivity index (χ2n) is 5.78. The fourth-order valence-corrected chi connectivity index (χ4v) is 2.51. The molecule has 0 unspecified atom stereocenters. The first-order valence-electron chi connectivity index (χ1n) is 5.81. The van der Waals surface area contributed by atoms with Gasteiger partial charge >= 0.3 is 0 Å². The Kier molecular flexibility index (Phi) is 2.63. The maximum absolute atomic E-state index is 8.89. The third kappa shape index (κ3) is 1.68. The Morgan fingerprint density at radius 1 is 1.19 bits per heavy atom. The van der Waals surface area contributed by atoms with Crippen LogP contribution in [0.3, 0.4) is 0 Å². The Morgan fingerprint density at radius 3 is 2.19 bits per heavy atom. The van der Waals surface area contributed by atoms with Crippen LogP contribution < -0.4 is 5.32 Å². The minimum Gasteiger partial charge on any atom is -0.462 e. The van der Waals surface area contributed by atoms with Crippen LogP contribution >= 0.6 is 0 Å². The van der Waals surface area contributed by atoms with Crippen molar-refractivity contribution in [2.45, 2.75) is 46.9 Å². The standard InChI is InChI=1S/C13H21NO2/c1-12(2)11(13(12,3)4)14-7-9-5-6-10(8-15)16-9/h5-6,11,14-15H,7-8H2,1-4H3. The maximum atomic E-state index is 8.89. The van der Waals surface area contributed by atoms with Crippen molar-refractivity contribution >= 4 is 0 Å². The fraction of sp³-hybridized carbons (Fsp3) is 0.692. The lowest BCUT2D eigenvalue weighted by atomic mass is 10.0. The molecule has 0 aromatic carbocycles. The summed E-state index contributed by atoms with van der Waals surface area (Å²) in [6.07, 6.45) is 0. The van der Waals surface area contributed by atoms with Crippen molar-refractivity contribution in [3.05, 3.63) is 23.7 Å². The van der Waals surface area contributed by atoms with Crippen molar-refractivity contribution in [3.8, 4) is 0 Å². The van der Waals surface area contributed by atoms with E-state index >= 15 is 0 Å². The van der Waals surface area contributed by atoms with Crippen LogP contribution in [0.1, 0.15) is 39.2 Å². The van der Waals surface area contributed by atoms with Crippen molar-refractivity contribution in [1.29, 1.82) is 0 Å². The van der Waals surface area contributed by atoms with E-state index in [2.05, 4.69) is 33.0 Å². The molecule has 0 radical (unpaired) electrons. The SMILES string of the molecule is CC1(C)C(NCc2ccc(CO)o2)C1(C)C. The Hall–Kier alpha value is -0.800. The zero-order valence-electron chi connectivity index (χ0n) is 10.5. The molecule has 0 aliphatic heterocycles. The van der Waals surface area contributed by atoms with Gasteiger partial charge in [0.1, 0.15) is 18.1 Å². The Balaban J connectivity index is 1.90. The number of hydrogen-bond donors (Lipinski definition) is 2. The van der Waals surface area contributed by atoms with Crippen LogP contribution in [0.5, 0.6) is 0 Å². The van der Waals surface area contributed by atoms with Gasteiger partial charge in [0.25, 0.3) is 0 Å². The van der Waals surface area contributed by atoms with Crippen molar-refractivity contribution < 1.29 is 9.52 Å². The van der Waals surface area contributed by atoms with Crippen LogP contribution in [0, 0.1) is 10.8 Å². The molecule has 1 saturated carbocycles. The highest BCUT2D eigenvalue weighted by molar-refractivity contribution is 5.18. The minimum atomic E-state index is -0.0274. The molecule has 0 amide bonds. The lowest BCUT2D eigenvalue weighted by molar-refractivity contribution is 0.242. The summed E-state index contributed by atoms with van der Waals surface area (Å²) in [5.74, 6) is 1.52. The van der Waals surface area contributed by atoms with E-state index in [1.807, 2.05) is 12.1 Å². The molecule has 3 heteroatoms. The van der Waals surface area contributed by atoms with Gasteiger partial charge in [0, 0.05) is 6.04 Å². The molecule has 90 valence electrons. The first-order chi connectivity index (χ1) is 7.39. The highest BCUT2D eigenvalue weighted by Gasteiger charge is 2.64. The summed E-state index contributed by atoms with van der Waals surface area (Å²) in [6, 6.07) is 4.27. The fourth-order valence-electron chi connectivity index (χ4n) is 2.51. The van der Waals surface area contributed by atoms with Crippen molar-refractivity contribution in [2.24, 2.45) is 10.8 Å². The van der Waals surface area contributed by atoms with E-state index in [-0.39, 0.29) is 6.61 Å². The summed E-state index contributed by atoms with van der Waals surface area (Å²) >= 11 is 0. The second kappa shape index (κ2) is 3.60. The summed E-state index contributed by atoms with van der Waals surface area (Å²) < 4.78 is 5.43. The minimum absolute atomic E-state index is 0.0274. The molecule has 16 heavy (non-hydrogen) atoms. The van der Waals surface area contributed by atoms with Crippen LogP contribution in [0.15, 0.2) is 16.5 Å². The van der Waals surface area contributed by atoms with Crippen LogP contribution in [0.4, 0.5) is 0 Å². The molecular weight excluding hydrogens is 202 g/mol. The molecule has 1 aliphatic carbocycles. The summed E-state index contributed by atoms with van der Waals surface area (Å²) in [6.45, 7) is 9.84. The maximum Gasteiger partial charge on any atom is 0.129 e. The van der Waals surface area contributed by atoms with E-state index in [4.69, 9.17) is 9.52 Å². The van der Waals surface area contributed by atoms with E-state index in [1.54, 1.807) is 0 Å². The molecule has 0 atom stereocenters. The first-order valence-corrected chi connectivity index (χ1v) is 5.81. The number of nitrogens with one attached hydrogen (secondary N) is 1. The lowest BCUT2D eigenvalue weighted by Crippen LogP contribution is -2.21. The third-order valence-electron chi connectivity index (χ3n) is 4.37. The van der Waals surface area contributed by atoms with Gasteiger partial charge in [0.05, 0.1) is 6.54 Å². The topological polar surface area (TPSA) is 45.4 Å². The van der Waals surface area contributed by atoms with Crippen molar-refractivity contribution in [2.75, 3.05) is 0 Å². The smallest absolute Gasteiger partial charge is 0.129 e. The molecule has 0 saturated heterocycles. The van der Waals surface area contributed by atoms with Crippen LogP contribution in [-0.2, 0) is 13.2 Å². The van der Waals surface area contributed by atoms with Gasteiger partial charge in [-0.05, 0) is 23.0 Å². The molecule has 2 N–H and O–H groups in total. The highest BCUT2D eigenvalue weighted by Crippen LogP contribution is 2.62. The van der Waals surface area contributed by atoms with Gasteiger partial charge in [-0.15, -0.1) is 0 Å². The molecule has 0 bridgehead atoms. The quantitative estimate of drug-likeness (QED) is 0.823. The predicted octanol–water partition coefficient (Wildman–Crippen LogP) is 2.30. The largest absolute Gasteiger partial charge is 0.462 e. The van der Waals surface area contributed by atoms with Crippen molar-refractivity contribution in [1.82, 2.24) is 5.32 Å². The van der Waals surface area contributed by atoms with Gasteiger partial charge in [-0.3, -0.25) is 0 Å². The van der Waals surface area contributed by atoms with Gasteiger partial charge in [-0.25, -0.2) is 0 Å². The lowest BCUT2D eigenvalue weighted by Gasteiger charge is -2.03. The number of furan rings is 1. The van der Waals surface area contributed by atoms with E-state index in [0.29, 0.717) is 22.6 Å². The normalized spacial score (nSPS) is 22.3. The first kappa shape index (κ1) is 11.7. The molecule has 2 rings (SSSR count). The van der Waals surface area contributed by atoms with Crippen LogP contribution in [0.25, 0.3) is 0 Å². The zero-order valence-corrected chi connectivity index (χ0v) is 10.5. The molecule has 1 aliphatic rings. The molecule has 1 fully saturated rings. The average Bonchev–Trinajstić information content (AvgIpc) is 2.60. The number of aliphatic hydroxyl groups excluding tert-OH is 1. The molecule has 1 heterocycles. The Bertz CT molecular complexity index is 365. The number of rotatable bonds is 4. The van der Waals surface area contributed by atoms with E-state index in [9.17, 15) is 0 Å². The highest BCUT2D eigenvalue weighted by atomic mass is 16.4. The van der Waals surface area contributed by atoms with Crippen LogP contribution in [0.2, 0.25) is 0 Å². The van der Waals surface area contributed by atoms with E-state index in [0.717, 1.165) is 12.3 Å². The molecule has 3 nitrogen and oxygen atoms in total. The molecule has 1 aromatic rings. The van der Waals surface area contributed by atoms with Gasteiger partial charge < -0.3 is 14.8 Å². The van der Waals surface area contributed by atoms with Gasteiger partial charge in [0.2, 0.25) is 0 Å². The molecular formula is C13H21NO2. The molecule has 0 spiro atoms. The Morgan fingerprint density at radius 2 is 1.75 bits per heavy atom.